The molecule has 2 atom stereocenters. The maximum Gasteiger partial charge on any atom is 0.0921 e. The number of rotatable bonds is 16. The molecular formula is C36H48N2S4. The van der Waals surface area contributed by atoms with E-state index >= 15 is 0 Å². The van der Waals surface area contributed by atoms with Gasteiger partial charge in [0.1, 0.15) is 0 Å². The van der Waals surface area contributed by atoms with Gasteiger partial charge in [0.15, 0.2) is 0 Å². The first kappa shape index (κ1) is 31.8. The minimum absolute atomic E-state index is 0.786. The van der Waals surface area contributed by atoms with E-state index in [1.54, 1.807) is 22.7 Å². The lowest BCUT2D eigenvalue weighted by molar-refractivity contribution is 0.437. The maximum atomic E-state index is 4.96. The number of thiazole rings is 2. The number of hydrogen-bond acceptors (Lipinski definition) is 6. The smallest absolute Gasteiger partial charge is 0.0921 e. The van der Waals surface area contributed by atoms with Crippen LogP contribution in [-0.2, 0) is 12.8 Å². The Morgan fingerprint density at radius 3 is 1.38 bits per heavy atom. The Morgan fingerprint density at radius 1 is 0.548 bits per heavy atom. The molecule has 6 heteroatoms. The van der Waals surface area contributed by atoms with Gasteiger partial charge in [-0.1, -0.05) is 80.1 Å². The lowest BCUT2D eigenvalue weighted by atomic mass is 9.94. The second-order valence-electron chi connectivity index (χ2n) is 13.4. The van der Waals surface area contributed by atoms with E-state index in [0.29, 0.717) is 0 Å². The predicted octanol–water partition coefficient (Wildman–Crippen LogP) is 13.2. The second kappa shape index (κ2) is 14.9. The van der Waals surface area contributed by atoms with Gasteiger partial charge in [-0.3, -0.25) is 0 Å². The molecule has 4 heterocycles. The highest BCUT2D eigenvalue weighted by atomic mass is 32.1. The number of thiophene rings is 2. The number of nitrogens with zero attached hydrogens (tertiary/aromatic N) is 2. The average Bonchev–Trinajstić information content (AvgIpc) is 3.76. The van der Waals surface area contributed by atoms with E-state index in [4.69, 9.17) is 9.97 Å². The minimum Gasteiger partial charge on any atom is -0.244 e. The fraction of sp³-hybridized carbons (Fsp3) is 0.556. The third-order valence-electron chi connectivity index (χ3n) is 8.67. The highest BCUT2D eigenvalue weighted by Gasteiger charge is 2.23. The molecule has 0 fully saturated rings. The zero-order chi connectivity index (χ0) is 29.6. The van der Waals surface area contributed by atoms with Crippen LogP contribution >= 0.6 is 45.3 Å². The first-order chi connectivity index (χ1) is 20.3. The summed E-state index contributed by atoms with van der Waals surface area (Å²) in [4.78, 5) is 12.6. The molecule has 1 aromatic carbocycles. The van der Waals surface area contributed by atoms with E-state index in [1.807, 2.05) is 33.7 Å². The molecule has 0 spiro atoms. The molecule has 0 aliphatic carbocycles. The van der Waals surface area contributed by atoms with E-state index in [-0.39, 0.29) is 0 Å². The highest BCUT2D eigenvalue weighted by Crippen LogP contribution is 2.48. The number of benzene rings is 1. The number of hydrogen-bond donors (Lipinski definition) is 0. The van der Waals surface area contributed by atoms with E-state index in [2.05, 4.69) is 64.4 Å². The van der Waals surface area contributed by atoms with Gasteiger partial charge < -0.3 is 0 Å². The van der Waals surface area contributed by atoms with Gasteiger partial charge in [0, 0.05) is 20.9 Å². The van der Waals surface area contributed by atoms with Crippen molar-refractivity contribution in [2.24, 2.45) is 23.7 Å². The Balaban J connectivity index is 1.33. The molecule has 0 N–H and O–H groups in total. The summed E-state index contributed by atoms with van der Waals surface area (Å²) < 4.78 is 2.57. The average molecular weight is 637 g/mol. The molecule has 0 saturated heterocycles. The molecule has 0 amide bonds. The van der Waals surface area contributed by atoms with E-state index in [0.717, 1.165) is 47.5 Å². The van der Waals surface area contributed by atoms with Crippen LogP contribution in [0.15, 0.2) is 33.9 Å². The van der Waals surface area contributed by atoms with Gasteiger partial charge in [-0.25, -0.2) is 9.97 Å². The molecule has 0 saturated carbocycles. The monoisotopic (exact) mass is 636 g/mol. The van der Waals surface area contributed by atoms with Crippen molar-refractivity contribution < 1.29 is 0 Å². The Bertz CT molecular complexity index is 1390. The van der Waals surface area contributed by atoms with Crippen molar-refractivity contribution >= 4 is 65.8 Å². The summed E-state index contributed by atoms with van der Waals surface area (Å²) in [5, 5.41) is 4.76. The van der Waals surface area contributed by atoms with Crippen LogP contribution in [0.4, 0.5) is 0 Å². The number of fused-ring (bicyclic) bond motifs is 2. The van der Waals surface area contributed by atoms with Crippen LogP contribution in [0, 0.1) is 23.7 Å². The van der Waals surface area contributed by atoms with Crippen LogP contribution < -0.4 is 0 Å². The summed E-state index contributed by atoms with van der Waals surface area (Å²) in [5.41, 5.74) is 11.9. The Hall–Kier alpha value is -1.60. The largest absolute Gasteiger partial charge is 0.244 e. The summed E-state index contributed by atoms with van der Waals surface area (Å²) >= 11 is 7.30. The fourth-order valence-corrected chi connectivity index (χ4v) is 9.85. The van der Waals surface area contributed by atoms with Gasteiger partial charge in [-0.2, -0.15) is 0 Å². The van der Waals surface area contributed by atoms with Crippen molar-refractivity contribution in [1.82, 2.24) is 9.97 Å². The fourth-order valence-electron chi connectivity index (χ4n) is 6.01. The molecule has 42 heavy (non-hydrogen) atoms. The van der Waals surface area contributed by atoms with Crippen molar-refractivity contribution in [3.63, 3.8) is 0 Å². The highest BCUT2D eigenvalue weighted by molar-refractivity contribution is 7.21. The van der Waals surface area contributed by atoms with Crippen LogP contribution in [0.3, 0.4) is 0 Å². The standard InChI is InChI=1S/C36H48N2S4/c1-23(2)9-7-11-25(5)13-15-27-17-29(39-19-27)31-33-36(42-21-37-33)32(34-35(31)41-22-38-34)30-18-28(20-40-30)16-14-26(6)12-8-10-24(3)4/h17-26H,7-16H2,1-6H3. The summed E-state index contributed by atoms with van der Waals surface area (Å²) in [6, 6.07) is 4.87. The number of aryl methyl sites for hydroxylation is 2. The predicted molar refractivity (Wildman–Crippen MR) is 192 cm³/mol. The third kappa shape index (κ3) is 7.91. The SMILES string of the molecule is CC(C)CCCC(C)CCc1csc(-c2c3ncsc3c(-c3cc(CCC(C)CCCC(C)C)cs3)c3ncsc23)c1. The topological polar surface area (TPSA) is 25.8 Å². The van der Waals surface area contributed by atoms with Crippen molar-refractivity contribution in [2.45, 2.75) is 106 Å². The van der Waals surface area contributed by atoms with Gasteiger partial charge in [0.25, 0.3) is 0 Å². The third-order valence-corrected chi connectivity index (χ3v) is 12.4. The van der Waals surface area contributed by atoms with E-state index in [1.165, 1.54) is 92.8 Å². The molecule has 0 aliphatic rings. The summed E-state index contributed by atoms with van der Waals surface area (Å²) in [5.74, 6) is 3.20. The summed E-state index contributed by atoms with van der Waals surface area (Å²) in [7, 11) is 0. The molecule has 226 valence electrons. The molecular weight excluding hydrogens is 589 g/mol. The normalized spacial score (nSPS) is 13.7. The first-order valence-corrected chi connectivity index (χ1v) is 19.6. The zero-order valence-corrected chi connectivity index (χ0v) is 29.6. The summed E-state index contributed by atoms with van der Waals surface area (Å²) in [6.07, 6.45) is 13.0. The number of aromatic nitrogens is 2. The molecule has 0 aliphatic heterocycles. The molecule has 4 aromatic heterocycles. The molecule has 2 unspecified atom stereocenters. The van der Waals surface area contributed by atoms with Crippen LogP contribution in [0.1, 0.15) is 104 Å². The van der Waals surface area contributed by atoms with Crippen molar-refractivity contribution in [2.75, 3.05) is 0 Å². The van der Waals surface area contributed by atoms with Crippen molar-refractivity contribution in [3.8, 4) is 20.9 Å². The van der Waals surface area contributed by atoms with Gasteiger partial charge in [0.2, 0.25) is 0 Å². The zero-order valence-electron chi connectivity index (χ0n) is 26.4. The van der Waals surface area contributed by atoms with E-state index < -0.39 is 0 Å². The summed E-state index contributed by atoms with van der Waals surface area (Å²) in [6.45, 7) is 14.2. The lowest BCUT2D eigenvalue weighted by Gasteiger charge is -2.11. The Kier molecular flexibility index (Phi) is 11.3. The Labute approximate surface area is 269 Å². The van der Waals surface area contributed by atoms with Crippen molar-refractivity contribution in [3.05, 3.63) is 45.0 Å². The second-order valence-corrected chi connectivity index (χ2v) is 16.9. The van der Waals surface area contributed by atoms with Crippen LogP contribution in [-0.4, -0.2) is 9.97 Å². The minimum atomic E-state index is 0.786. The Morgan fingerprint density at radius 2 is 0.976 bits per heavy atom. The maximum absolute atomic E-state index is 4.96. The lowest BCUT2D eigenvalue weighted by Crippen LogP contribution is -1.98. The van der Waals surface area contributed by atoms with Crippen LogP contribution in [0.2, 0.25) is 0 Å². The van der Waals surface area contributed by atoms with E-state index in [9.17, 15) is 0 Å². The van der Waals surface area contributed by atoms with Crippen LogP contribution in [0.5, 0.6) is 0 Å². The van der Waals surface area contributed by atoms with Gasteiger partial charge >= 0.3 is 0 Å². The molecule has 0 radical (unpaired) electrons. The quantitative estimate of drug-likeness (QED) is 0.108. The molecule has 5 rings (SSSR count). The van der Waals surface area contributed by atoms with Crippen LogP contribution in [0.25, 0.3) is 41.3 Å². The van der Waals surface area contributed by atoms with Gasteiger partial charge in [0.05, 0.1) is 31.5 Å². The molecule has 0 bridgehead atoms. The van der Waals surface area contributed by atoms with Gasteiger partial charge in [-0.05, 0) is 83.4 Å². The van der Waals surface area contributed by atoms with Crippen molar-refractivity contribution in [1.29, 1.82) is 0 Å². The van der Waals surface area contributed by atoms with Gasteiger partial charge in [-0.15, -0.1) is 45.3 Å². The first-order valence-electron chi connectivity index (χ1n) is 16.1. The molecule has 2 nitrogen and oxygen atoms in total. The molecule has 5 aromatic rings.